The number of carboxylic acids is 1. The summed E-state index contributed by atoms with van der Waals surface area (Å²) in [5, 5.41) is 14.2. The molecule has 0 bridgehead atoms. The summed E-state index contributed by atoms with van der Waals surface area (Å²) < 4.78 is 4.83. The fraction of sp³-hybridized carbons (Fsp3) is 0.333. The molecule has 23 heavy (non-hydrogen) atoms. The SMILES string of the molecule is COCCC(=O)NCC(Cc1cccc2ccccc12)C(=O)O. The first-order chi connectivity index (χ1) is 11.1. The highest BCUT2D eigenvalue weighted by atomic mass is 16.5. The normalized spacial score (nSPS) is 12.0. The Morgan fingerprint density at radius 3 is 2.65 bits per heavy atom. The molecule has 0 aliphatic carbocycles. The molecule has 0 aliphatic heterocycles. The maximum absolute atomic E-state index is 11.6. The molecule has 5 nitrogen and oxygen atoms in total. The van der Waals surface area contributed by atoms with Gasteiger partial charge >= 0.3 is 5.97 Å². The van der Waals surface area contributed by atoms with Gasteiger partial charge in [0.25, 0.3) is 0 Å². The van der Waals surface area contributed by atoms with Crippen LogP contribution in [0.1, 0.15) is 12.0 Å². The van der Waals surface area contributed by atoms with Gasteiger partial charge in [-0.25, -0.2) is 0 Å². The molecule has 0 aliphatic rings. The molecular weight excluding hydrogens is 294 g/mol. The van der Waals surface area contributed by atoms with E-state index in [2.05, 4.69) is 5.32 Å². The Hall–Kier alpha value is -2.40. The molecule has 1 amide bonds. The van der Waals surface area contributed by atoms with Crippen LogP contribution >= 0.6 is 0 Å². The van der Waals surface area contributed by atoms with Crippen LogP contribution in [0.2, 0.25) is 0 Å². The Kier molecular flexibility index (Phi) is 6.11. The molecule has 0 saturated heterocycles. The summed E-state index contributed by atoms with van der Waals surface area (Å²) in [4.78, 5) is 23.1. The average Bonchev–Trinajstić information content (AvgIpc) is 2.56. The van der Waals surface area contributed by atoms with E-state index in [4.69, 9.17) is 4.74 Å². The van der Waals surface area contributed by atoms with Crippen LogP contribution in [0.5, 0.6) is 0 Å². The zero-order chi connectivity index (χ0) is 16.7. The van der Waals surface area contributed by atoms with E-state index < -0.39 is 11.9 Å². The number of aliphatic carboxylic acids is 1. The third kappa shape index (κ3) is 4.79. The minimum Gasteiger partial charge on any atom is -0.481 e. The summed E-state index contributed by atoms with van der Waals surface area (Å²) in [5.74, 6) is -1.77. The first-order valence-corrected chi connectivity index (χ1v) is 7.57. The second kappa shape index (κ2) is 8.29. The molecule has 1 unspecified atom stereocenters. The molecule has 0 spiro atoms. The van der Waals surface area contributed by atoms with Crippen LogP contribution < -0.4 is 5.32 Å². The fourth-order valence-electron chi connectivity index (χ4n) is 2.50. The van der Waals surface area contributed by atoms with E-state index in [1.807, 2.05) is 42.5 Å². The molecule has 1 atom stereocenters. The average molecular weight is 315 g/mol. The highest BCUT2D eigenvalue weighted by Gasteiger charge is 2.19. The van der Waals surface area contributed by atoms with Crippen molar-refractivity contribution in [1.29, 1.82) is 0 Å². The van der Waals surface area contributed by atoms with Gasteiger partial charge < -0.3 is 15.2 Å². The van der Waals surface area contributed by atoms with Crippen LogP contribution in [0.4, 0.5) is 0 Å². The summed E-state index contributed by atoms with van der Waals surface area (Å²) in [6.45, 7) is 0.438. The number of carboxylic acid groups (broad SMARTS) is 1. The second-order valence-corrected chi connectivity index (χ2v) is 5.42. The monoisotopic (exact) mass is 315 g/mol. The van der Waals surface area contributed by atoms with Gasteiger partial charge in [-0.2, -0.15) is 0 Å². The third-order valence-corrected chi connectivity index (χ3v) is 3.77. The lowest BCUT2D eigenvalue weighted by Gasteiger charge is -2.15. The van der Waals surface area contributed by atoms with Crippen molar-refractivity contribution >= 4 is 22.6 Å². The zero-order valence-electron chi connectivity index (χ0n) is 13.1. The van der Waals surface area contributed by atoms with E-state index in [9.17, 15) is 14.7 Å². The summed E-state index contributed by atoms with van der Waals surface area (Å²) in [5.41, 5.74) is 0.974. The number of carbonyl (C=O) groups is 2. The van der Waals surface area contributed by atoms with Crippen LogP contribution in [0, 0.1) is 5.92 Å². The Balaban J connectivity index is 2.07. The number of benzene rings is 2. The van der Waals surface area contributed by atoms with E-state index in [-0.39, 0.29) is 18.9 Å². The molecule has 122 valence electrons. The van der Waals surface area contributed by atoms with Crippen molar-refractivity contribution < 1.29 is 19.4 Å². The maximum Gasteiger partial charge on any atom is 0.308 e. The van der Waals surface area contributed by atoms with Gasteiger partial charge in [0, 0.05) is 20.1 Å². The summed E-state index contributed by atoms with van der Waals surface area (Å²) in [6, 6.07) is 13.7. The molecule has 2 aromatic carbocycles. The van der Waals surface area contributed by atoms with Crippen LogP contribution in [-0.4, -0.2) is 37.2 Å². The van der Waals surface area contributed by atoms with Crippen molar-refractivity contribution in [3.63, 3.8) is 0 Å². The van der Waals surface area contributed by atoms with Crippen LogP contribution in [-0.2, 0) is 20.7 Å². The largest absolute Gasteiger partial charge is 0.481 e. The smallest absolute Gasteiger partial charge is 0.308 e. The van der Waals surface area contributed by atoms with Gasteiger partial charge in [-0.05, 0) is 22.8 Å². The number of carbonyl (C=O) groups excluding carboxylic acids is 1. The first-order valence-electron chi connectivity index (χ1n) is 7.57. The van der Waals surface area contributed by atoms with Crippen LogP contribution in [0.25, 0.3) is 10.8 Å². The van der Waals surface area contributed by atoms with E-state index in [1.165, 1.54) is 7.11 Å². The van der Waals surface area contributed by atoms with Crippen molar-refractivity contribution in [1.82, 2.24) is 5.32 Å². The zero-order valence-corrected chi connectivity index (χ0v) is 13.1. The Labute approximate surface area is 135 Å². The van der Waals surface area contributed by atoms with Crippen molar-refractivity contribution in [3.05, 3.63) is 48.0 Å². The first kappa shape index (κ1) is 17.0. The predicted octanol–water partition coefficient (Wildman–Crippen LogP) is 2.24. The lowest BCUT2D eigenvalue weighted by molar-refractivity contribution is -0.141. The topological polar surface area (TPSA) is 75.6 Å². The number of amides is 1. The quantitative estimate of drug-likeness (QED) is 0.783. The third-order valence-electron chi connectivity index (χ3n) is 3.77. The number of hydrogen-bond acceptors (Lipinski definition) is 3. The molecule has 2 rings (SSSR count). The van der Waals surface area contributed by atoms with Gasteiger partial charge in [0.2, 0.25) is 5.91 Å². The van der Waals surface area contributed by atoms with Gasteiger partial charge in [0.1, 0.15) is 0 Å². The number of fused-ring (bicyclic) bond motifs is 1. The van der Waals surface area contributed by atoms with Crippen LogP contribution in [0.15, 0.2) is 42.5 Å². The minimum atomic E-state index is -0.912. The lowest BCUT2D eigenvalue weighted by Crippen LogP contribution is -2.34. The molecule has 2 N–H and O–H groups in total. The van der Waals surface area contributed by atoms with E-state index in [0.717, 1.165) is 16.3 Å². The molecule has 0 saturated carbocycles. The fourth-order valence-corrected chi connectivity index (χ4v) is 2.50. The van der Waals surface area contributed by atoms with Gasteiger partial charge in [0.05, 0.1) is 12.5 Å². The molecule has 0 fully saturated rings. The standard InChI is InChI=1S/C18H21NO4/c1-23-10-9-17(20)19-12-15(18(21)22)11-14-7-4-6-13-5-2-3-8-16(13)14/h2-8,15H,9-12H2,1H3,(H,19,20)(H,21,22). The summed E-state index contributed by atoms with van der Waals surface area (Å²) in [7, 11) is 1.52. The minimum absolute atomic E-state index is 0.112. The van der Waals surface area contributed by atoms with Crippen molar-refractivity contribution in [3.8, 4) is 0 Å². The number of methoxy groups -OCH3 is 1. The second-order valence-electron chi connectivity index (χ2n) is 5.42. The number of rotatable bonds is 8. The highest BCUT2D eigenvalue weighted by molar-refractivity contribution is 5.86. The molecule has 0 aromatic heterocycles. The van der Waals surface area contributed by atoms with Gasteiger partial charge in [0.15, 0.2) is 0 Å². The Morgan fingerprint density at radius 1 is 1.17 bits per heavy atom. The van der Waals surface area contributed by atoms with E-state index in [0.29, 0.717) is 13.0 Å². The van der Waals surface area contributed by atoms with Crippen molar-refractivity contribution in [2.45, 2.75) is 12.8 Å². The van der Waals surface area contributed by atoms with Crippen LogP contribution in [0.3, 0.4) is 0 Å². The lowest BCUT2D eigenvalue weighted by atomic mass is 9.95. The summed E-state index contributed by atoms with van der Waals surface area (Å²) in [6.07, 6.45) is 0.609. The summed E-state index contributed by atoms with van der Waals surface area (Å²) >= 11 is 0. The number of nitrogens with one attached hydrogen (secondary N) is 1. The van der Waals surface area contributed by atoms with Gasteiger partial charge in [-0.15, -0.1) is 0 Å². The number of ether oxygens (including phenoxy) is 1. The van der Waals surface area contributed by atoms with E-state index >= 15 is 0 Å². The highest BCUT2D eigenvalue weighted by Crippen LogP contribution is 2.21. The van der Waals surface area contributed by atoms with E-state index in [1.54, 1.807) is 0 Å². The number of hydrogen-bond donors (Lipinski definition) is 2. The van der Waals surface area contributed by atoms with Crippen molar-refractivity contribution in [2.75, 3.05) is 20.3 Å². The maximum atomic E-state index is 11.6. The molecule has 5 heteroatoms. The molecular formula is C18H21NO4. The van der Waals surface area contributed by atoms with Gasteiger partial charge in [-0.1, -0.05) is 42.5 Å². The van der Waals surface area contributed by atoms with Gasteiger partial charge in [-0.3, -0.25) is 9.59 Å². The Bertz CT molecular complexity index is 678. The molecule has 2 aromatic rings. The predicted molar refractivity (Wildman–Crippen MR) is 88.3 cm³/mol. The Morgan fingerprint density at radius 2 is 1.91 bits per heavy atom. The van der Waals surface area contributed by atoms with Crippen molar-refractivity contribution in [2.24, 2.45) is 5.92 Å². The molecule has 0 radical (unpaired) electrons. The molecule has 0 heterocycles.